The molecule has 4 rings (SSSR count). The summed E-state index contributed by atoms with van der Waals surface area (Å²) in [7, 11) is -0.224. The molecule has 0 radical (unpaired) electrons. The van der Waals surface area contributed by atoms with Crippen LogP contribution in [0.15, 0.2) is 91.0 Å². The van der Waals surface area contributed by atoms with E-state index >= 15 is 0 Å². The lowest BCUT2D eigenvalue weighted by atomic mass is 9.96. The van der Waals surface area contributed by atoms with Gasteiger partial charge in [-0.05, 0) is 75.9 Å². The lowest BCUT2D eigenvalue weighted by Gasteiger charge is -2.27. The van der Waals surface area contributed by atoms with Crippen LogP contribution in [0.25, 0.3) is 0 Å². The van der Waals surface area contributed by atoms with Gasteiger partial charge in [0.15, 0.2) is 11.5 Å². The van der Waals surface area contributed by atoms with Gasteiger partial charge in [0.1, 0.15) is 28.9 Å². The van der Waals surface area contributed by atoms with Crippen molar-refractivity contribution in [3.63, 3.8) is 0 Å². The Morgan fingerprint density at radius 2 is 1.00 bits per heavy atom. The van der Waals surface area contributed by atoms with Crippen LogP contribution in [0, 0.1) is 13.8 Å². The number of unbranched alkanes of at least 4 members (excludes halogenated alkanes) is 5. The molecule has 0 heterocycles. The standard InChI is InChI=1S/C35H41O3P/c1-27-32(33(36)28(2)35(38-3)34(27)37)25-17-6-4-5-7-18-26-39(29-19-11-8-12-20-29,30-21-13-9-14-22-30)31-23-15-10-16-24-31/h8-16,19-24H,4-7,17-18,25-26H2,1-3H3,(H-,36,37)/p+1. The molecule has 0 aliphatic rings. The first-order valence-electron chi connectivity index (χ1n) is 14.1. The molecule has 3 nitrogen and oxygen atoms in total. The Hall–Kier alpha value is -3.29. The van der Waals surface area contributed by atoms with Gasteiger partial charge < -0.3 is 14.9 Å². The van der Waals surface area contributed by atoms with Gasteiger partial charge in [-0.3, -0.25) is 0 Å². The van der Waals surface area contributed by atoms with E-state index in [4.69, 9.17) is 4.74 Å². The first-order valence-corrected chi connectivity index (χ1v) is 16.1. The molecule has 0 aromatic heterocycles. The highest BCUT2D eigenvalue weighted by molar-refractivity contribution is 7.95. The van der Waals surface area contributed by atoms with Crippen LogP contribution in [0.1, 0.15) is 55.2 Å². The molecule has 0 fully saturated rings. The van der Waals surface area contributed by atoms with Gasteiger partial charge in [0.25, 0.3) is 0 Å². The Bertz CT molecular complexity index is 1190. The van der Waals surface area contributed by atoms with Crippen LogP contribution in [0.4, 0.5) is 0 Å². The first kappa shape index (κ1) is 28.7. The second-order valence-corrected chi connectivity index (χ2v) is 14.0. The molecule has 0 spiro atoms. The maximum atomic E-state index is 10.7. The van der Waals surface area contributed by atoms with Crippen LogP contribution < -0.4 is 20.7 Å². The van der Waals surface area contributed by atoms with Crippen LogP contribution >= 0.6 is 7.26 Å². The van der Waals surface area contributed by atoms with Crippen LogP contribution in [0.3, 0.4) is 0 Å². The molecule has 0 saturated carbocycles. The maximum absolute atomic E-state index is 10.7. The minimum atomic E-state index is -1.74. The number of aromatic hydroxyl groups is 2. The quantitative estimate of drug-likeness (QED) is 0.104. The van der Waals surface area contributed by atoms with Crippen LogP contribution in [-0.4, -0.2) is 23.5 Å². The average Bonchev–Trinajstić information content (AvgIpc) is 2.99. The number of hydrogen-bond acceptors (Lipinski definition) is 3. The highest BCUT2D eigenvalue weighted by atomic mass is 31.2. The molecule has 0 saturated heterocycles. The van der Waals surface area contributed by atoms with E-state index in [2.05, 4.69) is 91.0 Å². The van der Waals surface area contributed by atoms with Gasteiger partial charge in [0.2, 0.25) is 0 Å². The molecular formula is C35H42O3P+. The van der Waals surface area contributed by atoms with Gasteiger partial charge in [-0.25, -0.2) is 0 Å². The molecule has 0 amide bonds. The molecule has 0 unspecified atom stereocenters. The summed E-state index contributed by atoms with van der Waals surface area (Å²) in [4.78, 5) is 0. The zero-order chi connectivity index (χ0) is 27.7. The minimum Gasteiger partial charge on any atom is -0.507 e. The normalized spacial score (nSPS) is 11.5. The zero-order valence-corrected chi connectivity index (χ0v) is 24.5. The summed E-state index contributed by atoms with van der Waals surface area (Å²) in [5.41, 5.74) is 2.17. The molecule has 4 aromatic carbocycles. The average molecular weight is 542 g/mol. The second-order valence-electron chi connectivity index (χ2n) is 10.4. The SMILES string of the molecule is COc1c(C)c(O)c(CCCCCCCC[P+](c2ccccc2)(c2ccccc2)c2ccccc2)c(C)c1O. The first-order chi connectivity index (χ1) is 19.0. The molecule has 0 aliphatic carbocycles. The lowest BCUT2D eigenvalue weighted by Crippen LogP contribution is -2.33. The minimum absolute atomic E-state index is 0.143. The highest BCUT2D eigenvalue weighted by Crippen LogP contribution is 2.56. The summed E-state index contributed by atoms with van der Waals surface area (Å²) >= 11 is 0. The van der Waals surface area contributed by atoms with Gasteiger partial charge in [-0.15, -0.1) is 0 Å². The molecule has 0 atom stereocenters. The summed E-state index contributed by atoms with van der Waals surface area (Å²) in [6.07, 6.45) is 8.82. The van der Waals surface area contributed by atoms with E-state index in [0.29, 0.717) is 11.3 Å². The molecule has 0 aliphatic heterocycles. The molecule has 39 heavy (non-hydrogen) atoms. The van der Waals surface area contributed by atoms with E-state index < -0.39 is 7.26 Å². The Kier molecular flexibility index (Phi) is 10.1. The largest absolute Gasteiger partial charge is 0.507 e. The predicted octanol–water partition coefficient (Wildman–Crippen LogP) is 7.60. The van der Waals surface area contributed by atoms with Crippen molar-refractivity contribution in [2.75, 3.05) is 13.3 Å². The van der Waals surface area contributed by atoms with E-state index in [9.17, 15) is 10.2 Å². The van der Waals surface area contributed by atoms with E-state index in [1.54, 1.807) is 6.92 Å². The van der Waals surface area contributed by atoms with Crippen LogP contribution in [0.2, 0.25) is 0 Å². The Morgan fingerprint density at radius 1 is 0.564 bits per heavy atom. The fraction of sp³-hybridized carbons (Fsp3) is 0.314. The predicted molar refractivity (Wildman–Crippen MR) is 167 cm³/mol. The number of phenolic OH excluding ortho intramolecular Hbond substituents is 2. The number of phenols is 2. The van der Waals surface area contributed by atoms with Crippen molar-refractivity contribution in [3.05, 3.63) is 108 Å². The fourth-order valence-electron chi connectivity index (χ4n) is 5.80. The molecule has 4 heteroatoms. The second kappa shape index (κ2) is 13.7. The van der Waals surface area contributed by atoms with Gasteiger partial charge in [-0.1, -0.05) is 73.9 Å². The fourth-order valence-corrected chi connectivity index (χ4v) is 10.2. The van der Waals surface area contributed by atoms with Crippen molar-refractivity contribution in [2.24, 2.45) is 0 Å². The van der Waals surface area contributed by atoms with E-state index in [-0.39, 0.29) is 11.5 Å². The van der Waals surface area contributed by atoms with E-state index in [1.165, 1.54) is 54.9 Å². The zero-order valence-electron chi connectivity index (χ0n) is 23.6. The molecule has 4 aromatic rings. The van der Waals surface area contributed by atoms with Crippen molar-refractivity contribution in [1.29, 1.82) is 0 Å². The number of hydrogen-bond donors (Lipinski definition) is 2. The number of rotatable bonds is 13. The summed E-state index contributed by atoms with van der Waals surface area (Å²) in [6, 6.07) is 33.4. The van der Waals surface area contributed by atoms with Gasteiger partial charge in [-0.2, -0.15) is 0 Å². The van der Waals surface area contributed by atoms with Gasteiger partial charge in [0.05, 0.1) is 13.3 Å². The van der Waals surface area contributed by atoms with E-state index in [1.807, 2.05) is 6.92 Å². The summed E-state index contributed by atoms with van der Waals surface area (Å²) in [5.74, 6) is 0.768. The van der Waals surface area contributed by atoms with Crippen molar-refractivity contribution in [1.82, 2.24) is 0 Å². The molecule has 204 valence electrons. The van der Waals surface area contributed by atoms with Crippen LogP contribution in [0.5, 0.6) is 17.2 Å². The van der Waals surface area contributed by atoms with Crippen molar-refractivity contribution < 1.29 is 14.9 Å². The number of methoxy groups -OCH3 is 1. The number of benzene rings is 4. The van der Waals surface area contributed by atoms with Crippen molar-refractivity contribution in [3.8, 4) is 17.2 Å². The van der Waals surface area contributed by atoms with Gasteiger partial charge in [0, 0.05) is 16.7 Å². The highest BCUT2D eigenvalue weighted by Gasteiger charge is 2.44. The monoisotopic (exact) mass is 541 g/mol. The van der Waals surface area contributed by atoms with E-state index in [0.717, 1.165) is 30.4 Å². The third-order valence-corrected chi connectivity index (χ3v) is 12.5. The molecular weight excluding hydrogens is 499 g/mol. The van der Waals surface area contributed by atoms with Crippen LogP contribution in [-0.2, 0) is 6.42 Å². The molecule has 0 bridgehead atoms. The Balaban J connectivity index is 1.38. The van der Waals surface area contributed by atoms with Gasteiger partial charge >= 0.3 is 0 Å². The summed E-state index contributed by atoms with van der Waals surface area (Å²) in [5, 5.41) is 25.5. The Morgan fingerprint density at radius 3 is 1.46 bits per heavy atom. The third-order valence-electron chi connectivity index (χ3n) is 7.97. The lowest BCUT2D eigenvalue weighted by molar-refractivity contribution is 0.361. The summed E-state index contributed by atoms with van der Waals surface area (Å²) in [6.45, 7) is 3.65. The van der Waals surface area contributed by atoms with Crippen molar-refractivity contribution >= 4 is 23.2 Å². The molecule has 2 N–H and O–H groups in total. The summed E-state index contributed by atoms with van der Waals surface area (Å²) < 4.78 is 5.27. The third kappa shape index (κ3) is 6.31. The maximum Gasteiger partial charge on any atom is 0.167 e. The van der Waals surface area contributed by atoms with Crippen molar-refractivity contribution in [2.45, 2.75) is 58.8 Å². The Labute approximate surface area is 234 Å². The number of ether oxygens (including phenoxy) is 1. The topological polar surface area (TPSA) is 49.7 Å². The smallest absolute Gasteiger partial charge is 0.167 e.